The van der Waals surface area contributed by atoms with Crippen LogP contribution in [0.4, 0.5) is 15.3 Å². The fraction of sp³-hybridized carbons (Fsp3) is 0.625. The average molecular weight is 680 g/mol. The first-order valence-electron chi connectivity index (χ1n) is 15.8. The van der Waals surface area contributed by atoms with Gasteiger partial charge in [-0.15, -0.1) is 0 Å². The van der Waals surface area contributed by atoms with Gasteiger partial charge in [-0.2, -0.15) is 0 Å². The minimum atomic E-state index is -1.37. The zero-order valence-corrected chi connectivity index (χ0v) is 28.4. The molecule has 14 nitrogen and oxygen atoms in total. The Kier molecular flexibility index (Phi) is 13.4. The molecule has 3 rings (SSSR count). The van der Waals surface area contributed by atoms with Gasteiger partial charge < -0.3 is 35.1 Å². The molecule has 0 aromatic heterocycles. The lowest BCUT2D eigenvalue weighted by molar-refractivity contribution is -0.143. The number of hydrogen-bond acceptors (Lipinski definition) is 9. The number of nitrogens with one attached hydrogen (secondary N) is 4. The van der Waals surface area contributed by atoms with Crippen LogP contribution >= 0.6 is 11.6 Å². The molecule has 1 aromatic rings. The summed E-state index contributed by atoms with van der Waals surface area (Å²) in [5, 5.41) is 10.5. The van der Waals surface area contributed by atoms with Crippen molar-refractivity contribution in [2.45, 2.75) is 102 Å². The van der Waals surface area contributed by atoms with E-state index in [1.165, 1.54) is 18.0 Å². The number of hydrogen-bond donors (Lipinski definition) is 4. The molecule has 47 heavy (non-hydrogen) atoms. The van der Waals surface area contributed by atoms with Crippen molar-refractivity contribution in [3.05, 3.63) is 29.3 Å². The summed E-state index contributed by atoms with van der Waals surface area (Å²) in [4.78, 5) is 80.2. The molecule has 4 atom stereocenters. The van der Waals surface area contributed by atoms with Crippen LogP contribution in [0.2, 0.25) is 5.02 Å². The summed E-state index contributed by atoms with van der Waals surface area (Å²) in [6, 6.07) is 2.81. The van der Waals surface area contributed by atoms with E-state index in [2.05, 4.69) is 21.3 Å². The molecule has 0 bridgehead atoms. The first kappa shape index (κ1) is 37.5. The summed E-state index contributed by atoms with van der Waals surface area (Å²) in [6.07, 6.45) is 2.06. The first-order chi connectivity index (χ1) is 22.1. The number of fused-ring (bicyclic) bond motifs is 1. The Morgan fingerprint density at radius 1 is 1.06 bits per heavy atom. The van der Waals surface area contributed by atoms with Crippen molar-refractivity contribution in [1.82, 2.24) is 20.9 Å². The molecule has 0 saturated carbocycles. The van der Waals surface area contributed by atoms with Crippen LogP contribution in [0, 0.1) is 0 Å². The molecule has 5 amide bonds. The number of ether oxygens (including phenoxy) is 3. The topological polar surface area (TPSA) is 181 Å². The summed E-state index contributed by atoms with van der Waals surface area (Å²) < 4.78 is 16.9. The van der Waals surface area contributed by atoms with Crippen molar-refractivity contribution in [1.29, 1.82) is 0 Å². The van der Waals surface area contributed by atoms with Gasteiger partial charge in [0.25, 0.3) is 5.91 Å². The maximum atomic E-state index is 14.1. The van der Waals surface area contributed by atoms with E-state index < -0.39 is 65.0 Å². The molecular formula is C32H46ClN5O9. The van der Waals surface area contributed by atoms with E-state index in [-0.39, 0.29) is 26.0 Å². The van der Waals surface area contributed by atoms with Crippen molar-refractivity contribution in [2.24, 2.45) is 0 Å². The number of Topliss-reactive ketones (excluding diaryl/α,β-unsaturated/α-hetero) is 1. The quantitative estimate of drug-likeness (QED) is 0.340. The van der Waals surface area contributed by atoms with Crippen molar-refractivity contribution >= 4 is 53.0 Å². The van der Waals surface area contributed by atoms with Gasteiger partial charge in [0.2, 0.25) is 17.6 Å². The Hall–Kier alpha value is -3.91. The van der Waals surface area contributed by atoms with Gasteiger partial charge >= 0.3 is 12.2 Å². The smallest absolute Gasteiger partial charge is 0.412 e. The van der Waals surface area contributed by atoms with Crippen LogP contribution in [0.1, 0.15) is 72.6 Å². The number of likely N-dealkylation sites (N-methyl/N-ethyl adjacent to an activating group) is 1. The van der Waals surface area contributed by atoms with Crippen molar-refractivity contribution < 1.29 is 43.0 Å². The third-order valence-electron chi connectivity index (χ3n) is 7.64. The highest BCUT2D eigenvalue weighted by molar-refractivity contribution is 6.38. The molecule has 2 saturated heterocycles. The predicted octanol–water partition coefficient (Wildman–Crippen LogP) is 3.31. The minimum absolute atomic E-state index is 0.144. The Morgan fingerprint density at radius 2 is 1.77 bits per heavy atom. The SMILES string of the molecule is CNC(=O)C(=O)[C@@H]1CCCCCCCOC[C@H](NC(=O)OC(C)(C)C)C(=O)N2C[C@@](C)(OC(=O)Nc3cccc(Cl)c3)C[C@H]2C(=O)N1. The molecule has 260 valence electrons. The fourth-order valence-corrected chi connectivity index (χ4v) is 5.64. The van der Waals surface area contributed by atoms with E-state index in [1.807, 2.05) is 0 Å². The summed E-state index contributed by atoms with van der Waals surface area (Å²) in [7, 11) is 1.33. The van der Waals surface area contributed by atoms with E-state index in [4.69, 9.17) is 25.8 Å². The van der Waals surface area contributed by atoms with Gasteiger partial charge in [0.15, 0.2) is 0 Å². The largest absolute Gasteiger partial charge is 0.444 e. The highest BCUT2D eigenvalue weighted by Crippen LogP contribution is 2.32. The molecule has 4 N–H and O–H groups in total. The van der Waals surface area contributed by atoms with E-state index in [0.29, 0.717) is 30.2 Å². The van der Waals surface area contributed by atoms with Gasteiger partial charge in [-0.1, -0.05) is 43.4 Å². The van der Waals surface area contributed by atoms with E-state index in [9.17, 15) is 28.8 Å². The van der Waals surface area contributed by atoms with E-state index in [0.717, 1.165) is 19.3 Å². The van der Waals surface area contributed by atoms with Crippen LogP contribution in [0.3, 0.4) is 0 Å². The van der Waals surface area contributed by atoms with Crippen molar-refractivity contribution in [3.8, 4) is 0 Å². The number of halogens is 1. The number of carbonyl (C=O) groups excluding carboxylic acids is 6. The van der Waals surface area contributed by atoms with E-state index in [1.54, 1.807) is 45.9 Å². The fourth-order valence-electron chi connectivity index (χ4n) is 5.45. The molecule has 0 unspecified atom stereocenters. The van der Waals surface area contributed by atoms with Gasteiger partial charge in [-0.3, -0.25) is 24.5 Å². The lowest BCUT2D eigenvalue weighted by atomic mass is 10.00. The molecule has 2 heterocycles. The van der Waals surface area contributed by atoms with Crippen molar-refractivity contribution in [2.75, 3.05) is 32.1 Å². The van der Waals surface area contributed by atoms with Gasteiger partial charge in [0.05, 0.1) is 19.2 Å². The number of ketones is 1. The second-order valence-corrected chi connectivity index (χ2v) is 13.4. The molecule has 15 heteroatoms. The lowest BCUT2D eigenvalue weighted by Crippen LogP contribution is -2.57. The van der Waals surface area contributed by atoms with Crippen LogP contribution in [0.25, 0.3) is 0 Å². The van der Waals surface area contributed by atoms with E-state index >= 15 is 0 Å². The number of alkyl carbamates (subject to hydrolysis) is 1. The van der Waals surface area contributed by atoms with Crippen LogP contribution in [-0.2, 0) is 33.4 Å². The van der Waals surface area contributed by atoms with Gasteiger partial charge in [0.1, 0.15) is 23.3 Å². The Morgan fingerprint density at radius 3 is 2.45 bits per heavy atom. The zero-order valence-electron chi connectivity index (χ0n) is 27.6. The Bertz CT molecular complexity index is 1320. The number of amides is 5. The predicted molar refractivity (Wildman–Crippen MR) is 173 cm³/mol. The summed E-state index contributed by atoms with van der Waals surface area (Å²) in [5.41, 5.74) is -1.85. The van der Waals surface area contributed by atoms with Gasteiger partial charge in [-0.05, 0) is 58.7 Å². The number of carbonyl (C=O) groups is 6. The van der Waals surface area contributed by atoms with Crippen LogP contribution in [0.15, 0.2) is 24.3 Å². The van der Waals surface area contributed by atoms with Crippen LogP contribution < -0.4 is 21.3 Å². The summed E-state index contributed by atoms with van der Waals surface area (Å²) >= 11 is 6.03. The number of anilines is 1. The maximum Gasteiger partial charge on any atom is 0.412 e. The minimum Gasteiger partial charge on any atom is -0.444 e. The third kappa shape index (κ3) is 11.7. The number of benzene rings is 1. The van der Waals surface area contributed by atoms with Crippen molar-refractivity contribution in [3.63, 3.8) is 0 Å². The van der Waals surface area contributed by atoms with Gasteiger partial charge in [-0.25, -0.2) is 9.59 Å². The number of nitrogens with zero attached hydrogens (tertiary/aromatic N) is 1. The second-order valence-electron chi connectivity index (χ2n) is 13.0. The third-order valence-corrected chi connectivity index (χ3v) is 7.88. The van der Waals surface area contributed by atoms with Gasteiger partial charge in [0, 0.05) is 30.8 Å². The van der Waals surface area contributed by atoms with Crippen LogP contribution in [0.5, 0.6) is 0 Å². The van der Waals surface area contributed by atoms with Crippen LogP contribution in [-0.4, -0.2) is 96.7 Å². The molecule has 2 aliphatic rings. The first-order valence-corrected chi connectivity index (χ1v) is 16.2. The summed E-state index contributed by atoms with van der Waals surface area (Å²) in [5.74, 6) is -3.06. The molecule has 0 aliphatic carbocycles. The second kappa shape index (κ2) is 16.8. The highest BCUT2D eigenvalue weighted by atomic mass is 35.5. The Balaban J connectivity index is 1.93. The monoisotopic (exact) mass is 679 g/mol. The standard InChI is InChI=1S/C32H46ClN5O9/c1-31(2,3)46-30(44)37-23-18-45-15-10-8-6-7-9-14-22(25(39)27(41)34-5)36-26(40)24-17-32(4,19-38(24)28(23)42)47-29(43)35-21-13-11-12-20(33)16-21/h11-13,16,22-24H,6-10,14-15,17-19H2,1-5H3,(H,34,41)(H,35,43)(H,36,40)(H,37,44)/t22-,23-,24-,32-/m0/s1. The highest BCUT2D eigenvalue weighted by Gasteiger charge is 2.50. The Labute approximate surface area is 279 Å². The average Bonchev–Trinajstić information content (AvgIpc) is 3.33. The maximum absolute atomic E-state index is 14.1. The number of rotatable bonds is 5. The normalized spacial score (nSPS) is 24.7. The molecule has 0 spiro atoms. The molecule has 2 fully saturated rings. The molecule has 1 aromatic carbocycles. The molecule has 2 aliphatic heterocycles. The molecule has 0 radical (unpaired) electrons. The molecular weight excluding hydrogens is 634 g/mol. The summed E-state index contributed by atoms with van der Waals surface area (Å²) in [6.45, 7) is 6.50. The lowest BCUT2D eigenvalue weighted by Gasteiger charge is -2.30. The zero-order chi connectivity index (χ0) is 34.8.